The van der Waals surface area contributed by atoms with Crippen molar-refractivity contribution in [2.75, 3.05) is 5.32 Å². The van der Waals surface area contributed by atoms with Crippen molar-refractivity contribution in [3.8, 4) is 0 Å². The molecule has 0 heterocycles. The minimum absolute atomic E-state index is 0.0385. The summed E-state index contributed by atoms with van der Waals surface area (Å²) in [5, 5.41) is 9.34. The fraction of sp³-hybridized carbons (Fsp3) is 0.188. The third-order valence-corrected chi connectivity index (χ3v) is 4.43. The molecule has 1 atom stereocenters. The number of amides is 1. The summed E-state index contributed by atoms with van der Waals surface area (Å²) in [5.41, 5.74) is 0.980. The number of hydrogen-bond donors (Lipinski definition) is 3. The molecule has 0 fully saturated rings. The first kappa shape index (κ1) is 18.1. The van der Waals surface area contributed by atoms with Gasteiger partial charge in [-0.25, -0.2) is 17.9 Å². The van der Waals surface area contributed by atoms with Gasteiger partial charge in [0.05, 0.1) is 10.6 Å². The Morgan fingerprint density at radius 2 is 1.83 bits per heavy atom. The molecule has 0 spiro atoms. The summed E-state index contributed by atoms with van der Waals surface area (Å²) < 4.78 is 35.9. The van der Waals surface area contributed by atoms with Gasteiger partial charge >= 0.3 is 0 Å². The van der Waals surface area contributed by atoms with Crippen molar-refractivity contribution in [2.45, 2.75) is 24.4 Å². The molecule has 2 rings (SSSR count). The first-order valence-corrected chi connectivity index (χ1v) is 8.82. The van der Waals surface area contributed by atoms with E-state index in [0.29, 0.717) is 6.54 Å². The van der Waals surface area contributed by atoms with E-state index < -0.39 is 21.9 Å². The number of sulfonamides is 1. The zero-order chi connectivity index (χ0) is 17.7. The molecule has 0 saturated carbocycles. The van der Waals surface area contributed by atoms with E-state index in [1.807, 2.05) is 0 Å². The van der Waals surface area contributed by atoms with Crippen LogP contribution in [0, 0.1) is 5.82 Å². The number of hydrogen-bond acceptors (Lipinski definition) is 3. The fourth-order valence-corrected chi connectivity index (χ4v) is 2.56. The first-order chi connectivity index (χ1) is 11.3. The van der Waals surface area contributed by atoms with E-state index in [2.05, 4.69) is 5.32 Å². The molecule has 2 aromatic carbocycles. The normalized spacial score (nSPS) is 12.6. The van der Waals surface area contributed by atoms with Gasteiger partial charge in [0.15, 0.2) is 6.04 Å². The minimum atomic E-state index is -3.71. The minimum Gasteiger partial charge on any atom is -0.333 e. The number of primary sulfonamides is 1. The molecule has 6 nitrogen and oxygen atoms in total. The molecule has 0 radical (unpaired) electrons. The van der Waals surface area contributed by atoms with Crippen LogP contribution in [0.25, 0.3) is 0 Å². The smallest absolute Gasteiger partial charge is 0.282 e. The van der Waals surface area contributed by atoms with Crippen molar-refractivity contribution in [3.63, 3.8) is 0 Å². The van der Waals surface area contributed by atoms with Gasteiger partial charge in [-0.2, -0.15) is 0 Å². The summed E-state index contributed by atoms with van der Waals surface area (Å²) >= 11 is 0. The molecule has 1 amide bonds. The number of benzene rings is 2. The number of rotatable bonds is 6. The summed E-state index contributed by atoms with van der Waals surface area (Å²) in [6, 6.07) is 11.6. The van der Waals surface area contributed by atoms with Crippen molar-refractivity contribution in [3.05, 3.63) is 59.9 Å². The maximum Gasteiger partial charge on any atom is 0.282 e. The van der Waals surface area contributed by atoms with Gasteiger partial charge in [0.1, 0.15) is 12.4 Å². The van der Waals surface area contributed by atoms with Gasteiger partial charge in [0.2, 0.25) is 10.0 Å². The van der Waals surface area contributed by atoms with Crippen molar-refractivity contribution in [1.29, 1.82) is 0 Å². The number of halogens is 1. The number of para-hydroxylation sites is 1. The van der Waals surface area contributed by atoms with Crippen LogP contribution in [0.2, 0.25) is 0 Å². The Labute approximate surface area is 139 Å². The Hall–Kier alpha value is -2.29. The lowest BCUT2D eigenvalue weighted by molar-refractivity contribution is -0.688. The van der Waals surface area contributed by atoms with Crippen molar-refractivity contribution < 1.29 is 22.9 Å². The molecule has 0 aliphatic heterocycles. The Bertz CT molecular complexity index is 823. The van der Waals surface area contributed by atoms with Crippen molar-refractivity contribution in [2.24, 2.45) is 5.14 Å². The fourth-order valence-electron chi connectivity index (χ4n) is 2.04. The van der Waals surface area contributed by atoms with Gasteiger partial charge in [-0.15, -0.1) is 0 Å². The highest BCUT2D eigenvalue weighted by Gasteiger charge is 2.17. The number of nitrogens with two attached hydrogens (primary N) is 2. The third-order valence-electron chi connectivity index (χ3n) is 3.50. The number of anilines is 1. The zero-order valence-corrected chi connectivity index (χ0v) is 13.9. The van der Waals surface area contributed by atoms with Gasteiger partial charge in [0.25, 0.3) is 5.91 Å². The Kier molecular flexibility index (Phi) is 5.66. The zero-order valence-electron chi connectivity index (χ0n) is 13.1. The molecule has 0 aromatic heterocycles. The quantitative estimate of drug-likeness (QED) is 0.707. The van der Waals surface area contributed by atoms with Crippen LogP contribution in [-0.2, 0) is 21.4 Å². The van der Waals surface area contributed by atoms with Crippen LogP contribution in [0.5, 0.6) is 0 Å². The standard InChI is InChI=1S/C16H18FN3O3S/c1-11(16(21)20-15-5-3-2-4-14(15)17)19-10-12-6-8-13(9-7-12)24(18,22)23/h2-9,11,19H,10H2,1H3,(H,20,21)(H2,18,22,23)/p+1/t11-/m0/s1. The predicted molar refractivity (Wildman–Crippen MR) is 87.9 cm³/mol. The summed E-state index contributed by atoms with van der Waals surface area (Å²) in [4.78, 5) is 12.1. The second-order valence-corrected chi connectivity index (χ2v) is 6.95. The number of carbonyl (C=O) groups is 1. The van der Waals surface area contributed by atoms with E-state index in [1.165, 1.54) is 24.3 Å². The lowest BCUT2D eigenvalue weighted by atomic mass is 10.2. The van der Waals surface area contributed by atoms with Gasteiger partial charge in [-0.05, 0) is 31.2 Å². The van der Waals surface area contributed by atoms with Crippen LogP contribution in [0.4, 0.5) is 10.1 Å². The highest BCUT2D eigenvalue weighted by molar-refractivity contribution is 7.89. The molecule has 0 aliphatic carbocycles. The highest BCUT2D eigenvalue weighted by atomic mass is 32.2. The van der Waals surface area contributed by atoms with Crippen molar-refractivity contribution >= 4 is 21.6 Å². The average molecular weight is 352 g/mol. The van der Waals surface area contributed by atoms with E-state index in [9.17, 15) is 17.6 Å². The molecular formula is C16H19FN3O3S+. The Balaban J connectivity index is 1.92. The summed E-state index contributed by atoms with van der Waals surface area (Å²) in [6.45, 7) is 2.17. The topological polar surface area (TPSA) is 106 Å². The monoisotopic (exact) mass is 352 g/mol. The number of carbonyl (C=O) groups excluding carboxylic acids is 1. The van der Waals surface area contributed by atoms with Crippen LogP contribution >= 0.6 is 0 Å². The lowest BCUT2D eigenvalue weighted by Gasteiger charge is -2.12. The number of quaternary nitrogens is 1. The maximum absolute atomic E-state index is 13.5. The van der Waals surface area contributed by atoms with Crippen LogP contribution in [0.15, 0.2) is 53.4 Å². The molecule has 0 saturated heterocycles. The Morgan fingerprint density at radius 1 is 1.21 bits per heavy atom. The van der Waals surface area contributed by atoms with E-state index in [4.69, 9.17) is 5.14 Å². The highest BCUT2D eigenvalue weighted by Crippen LogP contribution is 2.12. The van der Waals surface area contributed by atoms with Crippen molar-refractivity contribution in [1.82, 2.24) is 0 Å². The molecule has 5 N–H and O–H groups in total. The van der Waals surface area contributed by atoms with E-state index in [-0.39, 0.29) is 16.5 Å². The summed E-state index contributed by atoms with van der Waals surface area (Å²) in [5.74, 6) is -0.808. The van der Waals surface area contributed by atoms with Gasteiger partial charge in [0, 0.05) is 5.56 Å². The predicted octanol–water partition coefficient (Wildman–Crippen LogP) is 0.564. The SMILES string of the molecule is C[C@H]([NH2+]Cc1ccc(S(N)(=O)=O)cc1)C(=O)Nc1ccccc1F. The molecule has 8 heteroatoms. The molecule has 0 aliphatic rings. The largest absolute Gasteiger partial charge is 0.333 e. The molecule has 24 heavy (non-hydrogen) atoms. The third kappa shape index (κ3) is 4.85. The van der Waals surface area contributed by atoms with Crippen LogP contribution in [-0.4, -0.2) is 20.4 Å². The van der Waals surface area contributed by atoms with Crippen LogP contribution in [0.3, 0.4) is 0 Å². The van der Waals surface area contributed by atoms with Gasteiger partial charge in [-0.3, -0.25) is 4.79 Å². The average Bonchev–Trinajstić information content (AvgIpc) is 2.54. The van der Waals surface area contributed by atoms with Crippen LogP contribution in [0.1, 0.15) is 12.5 Å². The van der Waals surface area contributed by atoms with E-state index in [0.717, 1.165) is 5.56 Å². The van der Waals surface area contributed by atoms with Gasteiger partial charge in [-0.1, -0.05) is 24.3 Å². The van der Waals surface area contributed by atoms with Crippen LogP contribution < -0.4 is 15.8 Å². The molecule has 2 aromatic rings. The lowest BCUT2D eigenvalue weighted by Crippen LogP contribution is -2.90. The van der Waals surface area contributed by atoms with E-state index in [1.54, 1.807) is 36.5 Å². The molecular weight excluding hydrogens is 333 g/mol. The number of nitrogens with one attached hydrogen (secondary N) is 1. The Morgan fingerprint density at radius 3 is 2.42 bits per heavy atom. The molecule has 128 valence electrons. The second kappa shape index (κ2) is 7.52. The van der Waals surface area contributed by atoms with Gasteiger partial charge < -0.3 is 10.6 Å². The second-order valence-electron chi connectivity index (χ2n) is 5.39. The summed E-state index contributed by atoms with van der Waals surface area (Å²) in [7, 11) is -3.71. The van der Waals surface area contributed by atoms with E-state index >= 15 is 0 Å². The molecule has 0 unspecified atom stereocenters. The molecule has 0 bridgehead atoms. The summed E-state index contributed by atoms with van der Waals surface area (Å²) in [6.07, 6.45) is 0. The first-order valence-electron chi connectivity index (χ1n) is 7.28. The maximum atomic E-state index is 13.5.